The molecule has 0 atom stereocenters. The highest BCUT2D eigenvalue weighted by Crippen LogP contribution is 2.40. The summed E-state index contributed by atoms with van der Waals surface area (Å²) in [6, 6.07) is 28.0. The zero-order valence-electron chi connectivity index (χ0n) is 15.7. The molecule has 30 heavy (non-hydrogen) atoms. The first-order valence-corrected chi connectivity index (χ1v) is 10.3. The molecule has 0 aliphatic heterocycles. The molecule has 2 aromatic heterocycles. The zero-order valence-corrected chi connectivity index (χ0v) is 16.5. The van der Waals surface area contributed by atoms with Gasteiger partial charge in [-0.25, -0.2) is 9.97 Å². The summed E-state index contributed by atoms with van der Waals surface area (Å²) < 4.78 is 6.10. The summed E-state index contributed by atoms with van der Waals surface area (Å²) in [7, 11) is 0. The molecule has 0 spiro atoms. The number of aromatic nitrogens is 2. The Morgan fingerprint density at radius 3 is 2.00 bits per heavy atom. The molecule has 0 saturated carbocycles. The highest BCUT2D eigenvalue weighted by atomic mass is 32.2. The van der Waals surface area contributed by atoms with Gasteiger partial charge in [0.25, 0.3) is 5.22 Å². The maximum atomic E-state index is 9.55. The van der Waals surface area contributed by atoms with Crippen molar-refractivity contribution in [2.45, 2.75) is 10.1 Å². The Kier molecular flexibility index (Phi) is 3.73. The summed E-state index contributed by atoms with van der Waals surface area (Å²) in [6.45, 7) is 0. The average Bonchev–Trinajstić information content (AvgIpc) is 3.21. The second-order valence-electron chi connectivity index (χ2n) is 6.99. The smallest absolute Gasteiger partial charge is 0.261 e. The lowest BCUT2D eigenvalue weighted by atomic mass is 10.0. The van der Waals surface area contributed by atoms with Gasteiger partial charge in [0.05, 0.1) is 22.7 Å². The van der Waals surface area contributed by atoms with E-state index < -0.39 is 0 Å². The molecule has 0 unspecified atom stereocenters. The number of para-hydroxylation sites is 2. The lowest BCUT2D eigenvalue weighted by molar-refractivity contribution is 0.489. The zero-order chi connectivity index (χ0) is 20.1. The number of hydrogen-bond donors (Lipinski definition) is 0. The van der Waals surface area contributed by atoms with Gasteiger partial charge in [-0.3, -0.25) is 0 Å². The lowest BCUT2D eigenvalue weighted by Crippen LogP contribution is -1.87. The van der Waals surface area contributed by atoms with Crippen LogP contribution < -0.4 is 0 Å². The molecule has 2 heterocycles. The second kappa shape index (κ2) is 6.58. The SMILES string of the molecule is N#Cc1cc2oc(Sc3c4ccccc4nc4ccccc34)nc2c2ccccc12. The first-order valence-electron chi connectivity index (χ1n) is 9.49. The number of rotatable bonds is 2. The van der Waals surface area contributed by atoms with Crippen molar-refractivity contribution in [1.29, 1.82) is 5.26 Å². The fraction of sp³-hybridized carbons (Fsp3) is 0. The Morgan fingerprint density at radius 1 is 0.733 bits per heavy atom. The normalized spacial score (nSPS) is 11.4. The highest BCUT2D eigenvalue weighted by molar-refractivity contribution is 7.99. The van der Waals surface area contributed by atoms with E-state index >= 15 is 0 Å². The van der Waals surface area contributed by atoms with Crippen molar-refractivity contribution in [3.63, 3.8) is 0 Å². The predicted molar refractivity (Wildman–Crippen MR) is 120 cm³/mol. The fourth-order valence-electron chi connectivity index (χ4n) is 3.87. The van der Waals surface area contributed by atoms with E-state index in [1.54, 1.807) is 6.07 Å². The van der Waals surface area contributed by atoms with E-state index in [1.165, 1.54) is 11.8 Å². The highest BCUT2D eigenvalue weighted by Gasteiger charge is 2.16. The van der Waals surface area contributed by atoms with E-state index in [4.69, 9.17) is 14.4 Å². The molecule has 0 bridgehead atoms. The molecule has 5 heteroatoms. The van der Waals surface area contributed by atoms with Gasteiger partial charge in [-0.05, 0) is 23.9 Å². The van der Waals surface area contributed by atoms with E-state index in [0.717, 1.165) is 43.0 Å². The van der Waals surface area contributed by atoms with Crippen LogP contribution in [0.4, 0.5) is 0 Å². The third-order valence-electron chi connectivity index (χ3n) is 5.23. The van der Waals surface area contributed by atoms with Gasteiger partial charge in [0.1, 0.15) is 5.52 Å². The number of oxazole rings is 1. The van der Waals surface area contributed by atoms with Crippen molar-refractivity contribution in [3.8, 4) is 6.07 Å². The van der Waals surface area contributed by atoms with Gasteiger partial charge in [0.15, 0.2) is 5.58 Å². The van der Waals surface area contributed by atoms with Crippen LogP contribution in [0.2, 0.25) is 0 Å². The van der Waals surface area contributed by atoms with Crippen LogP contribution in [0.1, 0.15) is 5.56 Å². The third-order valence-corrected chi connectivity index (χ3v) is 6.22. The first kappa shape index (κ1) is 17.0. The molecule has 0 radical (unpaired) electrons. The molecule has 0 saturated heterocycles. The minimum absolute atomic E-state index is 0.548. The van der Waals surface area contributed by atoms with E-state index in [2.05, 4.69) is 18.2 Å². The van der Waals surface area contributed by atoms with E-state index in [0.29, 0.717) is 16.4 Å². The molecule has 0 amide bonds. The summed E-state index contributed by atoms with van der Waals surface area (Å²) in [5.74, 6) is 0. The molecule has 0 aliphatic carbocycles. The molecule has 140 valence electrons. The molecule has 4 nitrogen and oxygen atoms in total. The number of pyridine rings is 1. The lowest BCUT2D eigenvalue weighted by Gasteiger charge is -2.08. The number of fused-ring (bicyclic) bond motifs is 5. The molecule has 0 fully saturated rings. The van der Waals surface area contributed by atoms with Crippen molar-refractivity contribution >= 4 is 55.4 Å². The van der Waals surface area contributed by atoms with Crippen LogP contribution in [0.3, 0.4) is 0 Å². The topological polar surface area (TPSA) is 62.7 Å². The van der Waals surface area contributed by atoms with E-state index in [1.807, 2.05) is 60.7 Å². The third kappa shape index (κ3) is 2.55. The van der Waals surface area contributed by atoms with Crippen LogP contribution in [0.25, 0.3) is 43.7 Å². The van der Waals surface area contributed by atoms with E-state index in [-0.39, 0.29) is 0 Å². The van der Waals surface area contributed by atoms with Gasteiger partial charge in [-0.2, -0.15) is 5.26 Å². The summed E-state index contributed by atoms with van der Waals surface area (Å²) >= 11 is 1.49. The molecular formula is C25H13N3OS. The van der Waals surface area contributed by atoms with Gasteiger partial charge in [-0.1, -0.05) is 60.7 Å². The largest absolute Gasteiger partial charge is 0.431 e. The molecule has 0 aliphatic rings. The number of benzene rings is 4. The monoisotopic (exact) mass is 403 g/mol. The Morgan fingerprint density at radius 2 is 1.33 bits per heavy atom. The maximum absolute atomic E-state index is 9.55. The summed E-state index contributed by atoms with van der Waals surface area (Å²) in [4.78, 5) is 10.6. The summed E-state index contributed by atoms with van der Waals surface area (Å²) in [6.07, 6.45) is 0. The molecule has 0 N–H and O–H groups in total. The van der Waals surface area contributed by atoms with E-state index in [9.17, 15) is 5.26 Å². The molecule has 6 aromatic rings. The predicted octanol–water partition coefficient (Wildman–Crippen LogP) is 6.71. The minimum Gasteiger partial charge on any atom is -0.431 e. The Hall–Kier alpha value is -3.88. The molecular weight excluding hydrogens is 390 g/mol. The fourth-order valence-corrected chi connectivity index (χ4v) is 4.88. The van der Waals surface area contributed by atoms with Crippen LogP contribution in [0.5, 0.6) is 0 Å². The van der Waals surface area contributed by atoms with Gasteiger partial charge in [0.2, 0.25) is 0 Å². The summed E-state index contributed by atoms with van der Waals surface area (Å²) in [5.41, 5.74) is 3.86. The summed E-state index contributed by atoms with van der Waals surface area (Å²) in [5, 5.41) is 14.0. The van der Waals surface area contributed by atoms with Gasteiger partial charge >= 0.3 is 0 Å². The van der Waals surface area contributed by atoms with Crippen LogP contribution in [0.15, 0.2) is 93.4 Å². The average molecular weight is 403 g/mol. The van der Waals surface area contributed by atoms with Crippen LogP contribution >= 0.6 is 11.8 Å². The standard InChI is InChI=1S/C25H13N3OS/c26-14-15-13-22-23(17-8-2-1-7-16(15)17)28-25(29-22)30-24-18-9-3-5-11-20(18)27-21-12-6-4-10-19(21)24/h1-13H. The maximum Gasteiger partial charge on any atom is 0.261 e. The van der Waals surface area contributed by atoms with Crippen molar-refractivity contribution in [1.82, 2.24) is 9.97 Å². The number of nitriles is 1. The van der Waals surface area contributed by atoms with Gasteiger partial charge in [-0.15, -0.1) is 0 Å². The van der Waals surface area contributed by atoms with Crippen molar-refractivity contribution < 1.29 is 4.42 Å². The minimum atomic E-state index is 0.548. The van der Waals surface area contributed by atoms with Gasteiger partial charge in [0, 0.05) is 32.5 Å². The van der Waals surface area contributed by atoms with Gasteiger partial charge < -0.3 is 4.42 Å². The number of hydrogen-bond acceptors (Lipinski definition) is 5. The Labute approximate surface area is 175 Å². The van der Waals surface area contributed by atoms with Crippen molar-refractivity contribution in [3.05, 3.63) is 84.4 Å². The van der Waals surface area contributed by atoms with Crippen LogP contribution in [-0.4, -0.2) is 9.97 Å². The van der Waals surface area contributed by atoms with Crippen LogP contribution in [-0.2, 0) is 0 Å². The molecule has 4 aromatic carbocycles. The Balaban J connectivity index is 1.60. The number of nitrogens with zero attached hydrogens (tertiary/aromatic N) is 3. The quantitative estimate of drug-likeness (QED) is 0.301. The Bertz CT molecular complexity index is 1590. The second-order valence-corrected chi connectivity index (χ2v) is 7.95. The van der Waals surface area contributed by atoms with Crippen LogP contribution in [0, 0.1) is 11.3 Å². The first-order chi connectivity index (χ1) is 14.8. The molecule has 6 rings (SSSR count). The van der Waals surface area contributed by atoms with Crippen molar-refractivity contribution in [2.24, 2.45) is 0 Å². The van der Waals surface area contributed by atoms with Crippen molar-refractivity contribution in [2.75, 3.05) is 0 Å².